The third kappa shape index (κ3) is 3.49. The summed E-state index contributed by atoms with van der Waals surface area (Å²) in [5, 5.41) is 1.61. The zero-order valence-electron chi connectivity index (χ0n) is 14.2. The molecule has 1 saturated carbocycles. The number of amides is 1. The van der Waals surface area contributed by atoms with Crippen LogP contribution in [0.5, 0.6) is 0 Å². The maximum Gasteiger partial charge on any atom is 0.410 e. The minimum absolute atomic E-state index is 0.194. The number of hydrogen-bond acceptors (Lipinski definition) is 3. The molecule has 0 saturated heterocycles. The molecular weight excluding hydrogens is 441 g/mol. The number of carbonyl (C=O) groups excluding carboxylic acids is 1. The van der Waals surface area contributed by atoms with E-state index >= 15 is 0 Å². The Morgan fingerprint density at radius 2 is 2.08 bits per heavy atom. The number of ether oxygens (including phenoxy) is 1. The SMILES string of the molecule is CN(C(=O)OC(C)(C)C)[C@H]1C[C@@H](n2cc(I)c3ccc(Cl)nc32)C1. The highest BCUT2D eigenvalue weighted by molar-refractivity contribution is 14.1. The van der Waals surface area contributed by atoms with Gasteiger partial charge in [-0.2, -0.15) is 0 Å². The lowest BCUT2D eigenvalue weighted by molar-refractivity contribution is 0.00809. The van der Waals surface area contributed by atoms with Crippen molar-refractivity contribution in [1.82, 2.24) is 14.5 Å². The molecule has 0 spiro atoms. The summed E-state index contributed by atoms with van der Waals surface area (Å²) in [6, 6.07) is 4.35. The number of aromatic nitrogens is 2. The van der Waals surface area contributed by atoms with Crippen molar-refractivity contribution < 1.29 is 9.53 Å². The van der Waals surface area contributed by atoms with Crippen LogP contribution in [0.15, 0.2) is 18.3 Å². The van der Waals surface area contributed by atoms with Crippen molar-refractivity contribution in [2.75, 3.05) is 7.05 Å². The molecule has 0 aliphatic heterocycles. The van der Waals surface area contributed by atoms with Crippen LogP contribution in [-0.4, -0.2) is 39.2 Å². The Hall–Kier alpha value is -1.02. The minimum atomic E-state index is -0.470. The molecule has 2 heterocycles. The van der Waals surface area contributed by atoms with Crippen molar-refractivity contribution in [3.05, 3.63) is 27.1 Å². The lowest BCUT2D eigenvalue weighted by atomic mass is 9.85. The van der Waals surface area contributed by atoms with Crippen molar-refractivity contribution in [3.8, 4) is 0 Å². The number of fused-ring (bicyclic) bond motifs is 1. The lowest BCUT2D eigenvalue weighted by Gasteiger charge is -2.42. The van der Waals surface area contributed by atoms with E-state index in [2.05, 4.69) is 38.3 Å². The van der Waals surface area contributed by atoms with Crippen molar-refractivity contribution >= 4 is 51.3 Å². The lowest BCUT2D eigenvalue weighted by Crippen LogP contribution is -2.47. The third-order valence-electron chi connectivity index (χ3n) is 4.31. The quantitative estimate of drug-likeness (QED) is 0.474. The van der Waals surface area contributed by atoms with Crippen molar-refractivity contribution in [2.45, 2.75) is 51.3 Å². The number of nitrogens with zero attached hydrogens (tertiary/aromatic N) is 3. The molecule has 24 heavy (non-hydrogen) atoms. The van der Waals surface area contributed by atoms with Gasteiger partial charge in [-0.25, -0.2) is 9.78 Å². The van der Waals surface area contributed by atoms with Crippen LogP contribution in [0.3, 0.4) is 0 Å². The molecule has 3 rings (SSSR count). The van der Waals surface area contributed by atoms with Gasteiger partial charge in [-0.15, -0.1) is 0 Å². The van der Waals surface area contributed by atoms with Crippen molar-refractivity contribution in [1.29, 1.82) is 0 Å². The van der Waals surface area contributed by atoms with Gasteiger partial charge in [0.1, 0.15) is 16.4 Å². The Morgan fingerprint density at radius 1 is 1.42 bits per heavy atom. The second-order valence-corrected chi connectivity index (χ2v) is 8.81. The molecule has 1 amide bonds. The summed E-state index contributed by atoms with van der Waals surface area (Å²) in [7, 11) is 1.81. The second-order valence-electron chi connectivity index (χ2n) is 7.26. The van der Waals surface area contributed by atoms with Crippen molar-refractivity contribution in [2.24, 2.45) is 0 Å². The molecule has 1 aliphatic carbocycles. The Labute approximate surface area is 160 Å². The van der Waals surface area contributed by atoms with Gasteiger partial charge in [0.2, 0.25) is 0 Å². The fourth-order valence-electron chi connectivity index (χ4n) is 2.93. The first-order chi connectivity index (χ1) is 11.2. The Kier molecular flexibility index (Phi) is 4.72. The van der Waals surface area contributed by atoms with Crippen LogP contribution in [0.25, 0.3) is 11.0 Å². The van der Waals surface area contributed by atoms with E-state index in [1.165, 1.54) is 0 Å². The van der Waals surface area contributed by atoms with Gasteiger partial charge >= 0.3 is 6.09 Å². The number of carbonyl (C=O) groups is 1. The smallest absolute Gasteiger partial charge is 0.410 e. The largest absolute Gasteiger partial charge is 0.444 e. The van der Waals surface area contributed by atoms with Crippen LogP contribution in [0, 0.1) is 3.57 Å². The van der Waals surface area contributed by atoms with E-state index in [1.54, 1.807) is 4.90 Å². The second kappa shape index (κ2) is 6.37. The molecular formula is C17H21ClIN3O2. The fourth-order valence-corrected chi connectivity index (χ4v) is 3.79. The van der Waals surface area contributed by atoms with Gasteiger partial charge in [0.25, 0.3) is 0 Å². The molecule has 2 aromatic rings. The highest BCUT2D eigenvalue weighted by Crippen LogP contribution is 2.39. The molecule has 2 aromatic heterocycles. The normalized spacial score (nSPS) is 20.8. The molecule has 0 atom stereocenters. The van der Waals surface area contributed by atoms with Crippen LogP contribution < -0.4 is 0 Å². The molecule has 5 nitrogen and oxygen atoms in total. The molecule has 0 N–H and O–H groups in total. The van der Waals surface area contributed by atoms with Gasteiger partial charge in [-0.1, -0.05) is 11.6 Å². The van der Waals surface area contributed by atoms with Gasteiger partial charge in [0.05, 0.1) is 0 Å². The first kappa shape index (κ1) is 17.8. The van der Waals surface area contributed by atoms with Gasteiger partial charge < -0.3 is 14.2 Å². The minimum Gasteiger partial charge on any atom is -0.444 e. The zero-order chi connectivity index (χ0) is 17.6. The average molecular weight is 462 g/mol. The van der Waals surface area contributed by atoms with Crippen LogP contribution in [0.1, 0.15) is 39.7 Å². The van der Waals surface area contributed by atoms with Gasteiger partial charge in [-0.05, 0) is 68.3 Å². The maximum atomic E-state index is 12.2. The molecule has 0 unspecified atom stereocenters. The Morgan fingerprint density at radius 3 is 2.71 bits per heavy atom. The van der Waals surface area contributed by atoms with E-state index in [1.807, 2.05) is 40.0 Å². The van der Waals surface area contributed by atoms with Crippen LogP contribution in [-0.2, 0) is 4.74 Å². The first-order valence-electron chi connectivity index (χ1n) is 7.94. The summed E-state index contributed by atoms with van der Waals surface area (Å²) >= 11 is 8.37. The van der Waals surface area contributed by atoms with Crippen LogP contribution in [0.4, 0.5) is 4.79 Å². The standard InChI is InChI=1S/C17H21ClIN3O2/c1-17(2,3)24-16(23)21(4)10-7-11(8-10)22-9-13(19)12-5-6-14(18)20-15(12)22/h5-6,9-11H,7-8H2,1-4H3/t10-,11+. The number of hydrogen-bond donors (Lipinski definition) is 0. The number of rotatable bonds is 2. The summed E-state index contributed by atoms with van der Waals surface area (Å²) in [4.78, 5) is 18.3. The molecule has 0 aromatic carbocycles. The summed E-state index contributed by atoms with van der Waals surface area (Å²) in [5.41, 5.74) is 0.442. The average Bonchev–Trinajstić information content (AvgIpc) is 2.72. The Balaban J connectivity index is 1.71. The predicted molar refractivity (Wildman–Crippen MR) is 104 cm³/mol. The van der Waals surface area contributed by atoms with E-state index in [9.17, 15) is 4.79 Å². The molecule has 0 bridgehead atoms. The molecule has 7 heteroatoms. The van der Waals surface area contributed by atoms with Gasteiger partial charge in [0.15, 0.2) is 0 Å². The Bertz CT molecular complexity index is 778. The summed E-state index contributed by atoms with van der Waals surface area (Å²) in [6.07, 6.45) is 3.63. The fraction of sp³-hybridized carbons (Fsp3) is 0.529. The molecule has 1 fully saturated rings. The van der Waals surface area contributed by atoms with Gasteiger partial charge in [-0.3, -0.25) is 0 Å². The van der Waals surface area contributed by atoms with E-state index in [0.29, 0.717) is 11.2 Å². The maximum absolute atomic E-state index is 12.2. The molecule has 0 radical (unpaired) electrons. The van der Waals surface area contributed by atoms with E-state index in [0.717, 1.165) is 27.4 Å². The molecule has 130 valence electrons. The third-order valence-corrected chi connectivity index (χ3v) is 5.38. The van der Waals surface area contributed by atoms with E-state index < -0.39 is 5.60 Å². The summed E-state index contributed by atoms with van der Waals surface area (Å²) in [5.74, 6) is 0. The van der Waals surface area contributed by atoms with E-state index in [4.69, 9.17) is 16.3 Å². The van der Waals surface area contributed by atoms with Crippen LogP contribution in [0.2, 0.25) is 5.15 Å². The molecule has 1 aliphatic rings. The summed E-state index contributed by atoms with van der Waals surface area (Å²) in [6.45, 7) is 5.64. The number of halogens is 2. The highest BCUT2D eigenvalue weighted by atomic mass is 127. The van der Waals surface area contributed by atoms with Crippen LogP contribution >= 0.6 is 34.2 Å². The number of pyridine rings is 1. The zero-order valence-corrected chi connectivity index (χ0v) is 17.1. The highest BCUT2D eigenvalue weighted by Gasteiger charge is 2.37. The summed E-state index contributed by atoms with van der Waals surface area (Å²) < 4.78 is 8.78. The predicted octanol–water partition coefficient (Wildman–Crippen LogP) is 4.86. The topological polar surface area (TPSA) is 47.4 Å². The first-order valence-corrected chi connectivity index (χ1v) is 9.40. The van der Waals surface area contributed by atoms with E-state index in [-0.39, 0.29) is 12.1 Å². The van der Waals surface area contributed by atoms with Crippen molar-refractivity contribution in [3.63, 3.8) is 0 Å². The monoisotopic (exact) mass is 461 g/mol. The van der Waals surface area contributed by atoms with Gasteiger partial charge in [0, 0.05) is 34.3 Å².